The SMILES string of the molecule is CCC(CC#N)NCc1c(Cl)cccc1Cl. The van der Waals surface area contributed by atoms with Gasteiger partial charge in [0.1, 0.15) is 0 Å². The molecule has 2 nitrogen and oxygen atoms in total. The molecule has 1 atom stereocenters. The number of nitriles is 1. The molecule has 0 aliphatic carbocycles. The molecule has 1 unspecified atom stereocenters. The minimum absolute atomic E-state index is 0.192. The van der Waals surface area contributed by atoms with Crippen molar-refractivity contribution < 1.29 is 0 Å². The topological polar surface area (TPSA) is 35.8 Å². The summed E-state index contributed by atoms with van der Waals surface area (Å²) in [6, 6.07) is 7.80. The summed E-state index contributed by atoms with van der Waals surface area (Å²) in [6.07, 6.45) is 1.41. The van der Waals surface area contributed by atoms with Crippen LogP contribution in [0.2, 0.25) is 10.0 Å². The van der Waals surface area contributed by atoms with Gasteiger partial charge >= 0.3 is 0 Å². The fourth-order valence-electron chi connectivity index (χ4n) is 1.42. The maximum Gasteiger partial charge on any atom is 0.0638 e. The Morgan fingerprint density at radius 2 is 2.00 bits per heavy atom. The molecule has 0 amide bonds. The van der Waals surface area contributed by atoms with Gasteiger partial charge in [-0.05, 0) is 18.6 Å². The van der Waals surface area contributed by atoms with Crippen molar-refractivity contribution in [2.45, 2.75) is 32.4 Å². The highest BCUT2D eigenvalue weighted by Gasteiger charge is 2.08. The summed E-state index contributed by atoms with van der Waals surface area (Å²) in [5, 5.41) is 13.2. The van der Waals surface area contributed by atoms with Crippen LogP contribution < -0.4 is 5.32 Å². The Labute approximate surface area is 106 Å². The van der Waals surface area contributed by atoms with Gasteiger partial charge in [-0.2, -0.15) is 5.26 Å². The monoisotopic (exact) mass is 256 g/mol. The Kier molecular flexibility index (Phi) is 5.62. The standard InChI is InChI=1S/C12H14Cl2N2/c1-2-9(6-7-15)16-8-10-11(13)4-3-5-12(10)14/h3-5,9,16H,2,6,8H2,1H3. The molecular weight excluding hydrogens is 243 g/mol. The van der Waals surface area contributed by atoms with Gasteiger partial charge in [-0.15, -0.1) is 0 Å². The van der Waals surface area contributed by atoms with Crippen LogP contribution in [-0.2, 0) is 6.54 Å². The van der Waals surface area contributed by atoms with Crippen LogP contribution in [0.3, 0.4) is 0 Å². The Balaban J connectivity index is 2.64. The molecule has 1 N–H and O–H groups in total. The van der Waals surface area contributed by atoms with E-state index < -0.39 is 0 Å². The third-order valence-corrected chi connectivity index (χ3v) is 3.17. The van der Waals surface area contributed by atoms with Crippen molar-refractivity contribution in [3.63, 3.8) is 0 Å². The molecule has 1 rings (SSSR count). The van der Waals surface area contributed by atoms with Crippen molar-refractivity contribution in [1.82, 2.24) is 5.32 Å². The zero-order valence-corrected chi connectivity index (χ0v) is 10.6. The van der Waals surface area contributed by atoms with Crippen molar-refractivity contribution >= 4 is 23.2 Å². The zero-order valence-electron chi connectivity index (χ0n) is 9.13. The quantitative estimate of drug-likeness (QED) is 0.871. The molecule has 86 valence electrons. The van der Waals surface area contributed by atoms with Gasteiger partial charge in [0.2, 0.25) is 0 Å². The third-order valence-electron chi connectivity index (χ3n) is 2.46. The summed E-state index contributed by atoms with van der Waals surface area (Å²) in [5.41, 5.74) is 0.891. The summed E-state index contributed by atoms with van der Waals surface area (Å²) in [5.74, 6) is 0. The predicted molar refractivity (Wildman–Crippen MR) is 67.6 cm³/mol. The molecule has 1 aromatic rings. The Hall–Kier alpha value is -0.750. The fraction of sp³-hybridized carbons (Fsp3) is 0.417. The van der Waals surface area contributed by atoms with Crippen LogP contribution in [0.5, 0.6) is 0 Å². The molecule has 0 fully saturated rings. The van der Waals surface area contributed by atoms with E-state index in [4.69, 9.17) is 28.5 Å². The van der Waals surface area contributed by atoms with Crippen LogP contribution in [0.1, 0.15) is 25.3 Å². The van der Waals surface area contributed by atoms with Crippen LogP contribution in [0.4, 0.5) is 0 Å². The van der Waals surface area contributed by atoms with Crippen molar-refractivity contribution in [3.05, 3.63) is 33.8 Å². The van der Waals surface area contributed by atoms with Gasteiger partial charge in [-0.3, -0.25) is 0 Å². The molecule has 0 aliphatic rings. The largest absolute Gasteiger partial charge is 0.309 e. The number of hydrogen-bond acceptors (Lipinski definition) is 2. The molecule has 0 bridgehead atoms. The highest BCUT2D eigenvalue weighted by atomic mass is 35.5. The number of nitrogens with one attached hydrogen (secondary N) is 1. The lowest BCUT2D eigenvalue weighted by Gasteiger charge is -2.14. The third kappa shape index (κ3) is 3.68. The van der Waals surface area contributed by atoms with Crippen molar-refractivity contribution in [2.24, 2.45) is 0 Å². The van der Waals surface area contributed by atoms with Crippen LogP contribution in [-0.4, -0.2) is 6.04 Å². The first-order chi connectivity index (χ1) is 7.69. The van der Waals surface area contributed by atoms with E-state index in [1.807, 2.05) is 25.1 Å². The van der Waals surface area contributed by atoms with Gasteiger partial charge in [0, 0.05) is 28.2 Å². The fourth-order valence-corrected chi connectivity index (χ4v) is 1.95. The number of benzene rings is 1. The maximum atomic E-state index is 8.63. The van der Waals surface area contributed by atoms with E-state index in [2.05, 4.69) is 11.4 Å². The van der Waals surface area contributed by atoms with Gasteiger partial charge < -0.3 is 5.32 Å². The second-order valence-electron chi connectivity index (χ2n) is 3.55. The van der Waals surface area contributed by atoms with Gasteiger partial charge in [0.15, 0.2) is 0 Å². The Morgan fingerprint density at radius 3 is 2.50 bits per heavy atom. The van der Waals surface area contributed by atoms with E-state index in [0.29, 0.717) is 23.0 Å². The Bertz CT molecular complexity index is 365. The van der Waals surface area contributed by atoms with Crippen molar-refractivity contribution in [1.29, 1.82) is 5.26 Å². The number of nitrogens with zero attached hydrogens (tertiary/aromatic N) is 1. The van der Waals surface area contributed by atoms with E-state index in [0.717, 1.165) is 12.0 Å². The highest BCUT2D eigenvalue weighted by molar-refractivity contribution is 6.35. The van der Waals surface area contributed by atoms with E-state index in [1.165, 1.54) is 0 Å². The maximum absolute atomic E-state index is 8.63. The highest BCUT2D eigenvalue weighted by Crippen LogP contribution is 2.24. The first-order valence-electron chi connectivity index (χ1n) is 5.22. The number of hydrogen-bond donors (Lipinski definition) is 1. The summed E-state index contributed by atoms with van der Waals surface area (Å²) in [6.45, 7) is 2.64. The molecule has 0 aliphatic heterocycles. The summed E-state index contributed by atoms with van der Waals surface area (Å²) >= 11 is 12.1. The predicted octanol–water partition coefficient (Wildman–Crippen LogP) is 3.78. The van der Waals surface area contributed by atoms with Crippen molar-refractivity contribution in [3.8, 4) is 6.07 Å². The van der Waals surface area contributed by atoms with E-state index >= 15 is 0 Å². The zero-order chi connectivity index (χ0) is 12.0. The molecule has 0 aromatic heterocycles. The molecule has 16 heavy (non-hydrogen) atoms. The number of halogens is 2. The van der Waals surface area contributed by atoms with Crippen LogP contribution in [0.15, 0.2) is 18.2 Å². The summed E-state index contributed by atoms with van der Waals surface area (Å²) < 4.78 is 0. The minimum atomic E-state index is 0.192. The van der Waals surface area contributed by atoms with E-state index in [1.54, 1.807) is 0 Å². The molecule has 1 aromatic carbocycles. The summed E-state index contributed by atoms with van der Waals surface area (Å²) in [4.78, 5) is 0. The van der Waals surface area contributed by atoms with Gasteiger partial charge in [0.05, 0.1) is 12.5 Å². The van der Waals surface area contributed by atoms with Gasteiger partial charge in [0.25, 0.3) is 0 Å². The first kappa shape index (κ1) is 13.3. The second kappa shape index (κ2) is 6.75. The molecule has 0 spiro atoms. The summed E-state index contributed by atoms with van der Waals surface area (Å²) in [7, 11) is 0. The number of rotatable bonds is 5. The minimum Gasteiger partial charge on any atom is -0.309 e. The van der Waals surface area contributed by atoms with Crippen LogP contribution in [0, 0.1) is 11.3 Å². The lowest BCUT2D eigenvalue weighted by molar-refractivity contribution is 0.505. The lowest BCUT2D eigenvalue weighted by atomic mass is 10.1. The first-order valence-corrected chi connectivity index (χ1v) is 5.97. The van der Waals surface area contributed by atoms with Gasteiger partial charge in [-0.25, -0.2) is 0 Å². The van der Waals surface area contributed by atoms with Crippen LogP contribution in [0.25, 0.3) is 0 Å². The molecule has 0 heterocycles. The second-order valence-corrected chi connectivity index (χ2v) is 4.36. The van der Waals surface area contributed by atoms with Crippen molar-refractivity contribution in [2.75, 3.05) is 0 Å². The van der Waals surface area contributed by atoms with Gasteiger partial charge in [-0.1, -0.05) is 36.2 Å². The normalized spacial score (nSPS) is 12.1. The average Bonchev–Trinajstić information content (AvgIpc) is 2.27. The molecule has 4 heteroatoms. The van der Waals surface area contributed by atoms with Crippen LogP contribution >= 0.6 is 23.2 Å². The average molecular weight is 257 g/mol. The Morgan fingerprint density at radius 1 is 1.38 bits per heavy atom. The molecule has 0 radical (unpaired) electrons. The van der Waals surface area contributed by atoms with E-state index in [9.17, 15) is 0 Å². The molecule has 0 saturated carbocycles. The van der Waals surface area contributed by atoms with E-state index in [-0.39, 0.29) is 6.04 Å². The molecule has 0 saturated heterocycles. The smallest absolute Gasteiger partial charge is 0.0638 e. The lowest BCUT2D eigenvalue weighted by Crippen LogP contribution is -2.27. The molecular formula is C12H14Cl2N2.